The van der Waals surface area contributed by atoms with Gasteiger partial charge in [-0.05, 0) is 17.7 Å². The summed E-state index contributed by atoms with van der Waals surface area (Å²) >= 11 is 1.41. The number of amides is 2. The van der Waals surface area contributed by atoms with E-state index in [1.807, 2.05) is 0 Å². The third-order valence-electron chi connectivity index (χ3n) is 3.55. The highest BCUT2D eigenvalue weighted by Crippen LogP contribution is 2.46. The van der Waals surface area contributed by atoms with Gasteiger partial charge in [0.15, 0.2) is 6.35 Å². The van der Waals surface area contributed by atoms with Crippen molar-refractivity contribution in [2.45, 2.75) is 6.42 Å². The van der Waals surface area contributed by atoms with Gasteiger partial charge in [0.2, 0.25) is 5.91 Å². The third-order valence-corrected chi connectivity index (χ3v) is 4.84. The van der Waals surface area contributed by atoms with Gasteiger partial charge in [-0.1, -0.05) is 0 Å². The van der Waals surface area contributed by atoms with Crippen molar-refractivity contribution in [3.63, 3.8) is 0 Å². The molecular formula is C14H14N3O6PS. The fourth-order valence-corrected chi connectivity index (χ4v) is 3.67. The molecule has 132 valence electrons. The van der Waals surface area contributed by atoms with Crippen molar-refractivity contribution in [3.8, 4) is 17.0 Å². The highest BCUT2D eigenvalue weighted by atomic mass is 32.1. The number of thiazole rings is 1. The number of nitrogens with one attached hydrogen (secondary N) is 1. The van der Waals surface area contributed by atoms with Gasteiger partial charge in [-0.3, -0.25) is 14.2 Å². The van der Waals surface area contributed by atoms with E-state index in [1.165, 1.54) is 23.5 Å². The van der Waals surface area contributed by atoms with E-state index in [-0.39, 0.29) is 12.3 Å². The molecule has 2 aromatic rings. The first-order valence-corrected chi connectivity index (χ1v) is 9.76. The molecule has 0 saturated carbocycles. The summed E-state index contributed by atoms with van der Waals surface area (Å²) in [6.07, 6.45) is -0.325. The van der Waals surface area contributed by atoms with Crippen LogP contribution in [-0.2, 0) is 15.8 Å². The molecule has 0 fully saturated rings. The van der Waals surface area contributed by atoms with Crippen molar-refractivity contribution in [2.75, 3.05) is 12.9 Å². The van der Waals surface area contributed by atoms with E-state index in [0.29, 0.717) is 28.8 Å². The summed E-state index contributed by atoms with van der Waals surface area (Å²) in [6, 6.07) is 2.95. The van der Waals surface area contributed by atoms with E-state index in [1.54, 1.807) is 5.51 Å². The first-order chi connectivity index (χ1) is 11.8. The highest BCUT2D eigenvalue weighted by Gasteiger charge is 2.30. The van der Waals surface area contributed by atoms with Crippen LogP contribution in [0.1, 0.15) is 20.8 Å². The molecule has 0 aliphatic heterocycles. The highest BCUT2D eigenvalue weighted by molar-refractivity contribution is 7.51. The lowest BCUT2D eigenvalue weighted by Crippen LogP contribution is -2.33. The lowest BCUT2D eigenvalue weighted by atomic mass is 10.0. The Morgan fingerprint density at radius 1 is 1.40 bits per heavy atom. The van der Waals surface area contributed by atoms with Gasteiger partial charge in [0.05, 0.1) is 17.7 Å². The first kappa shape index (κ1) is 17.6. The molecule has 9 nitrogen and oxygen atoms in total. The lowest BCUT2D eigenvalue weighted by molar-refractivity contribution is -0.117. The van der Waals surface area contributed by atoms with Gasteiger partial charge in [0.25, 0.3) is 5.91 Å². The Kier molecular flexibility index (Phi) is 4.61. The molecule has 0 saturated heterocycles. The number of rotatable bonds is 6. The number of aromatic nitrogens is 1. The average molecular weight is 383 g/mol. The average Bonchev–Trinajstić information content (AvgIpc) is 3.10. The molecule has 0 radical (unpaired) electrons. The first-order valence-electron chi connectivity index (χ1n) is 7.09. The number of nitrogens with zero attached hydrogens (tertiary/aromatic N) is 1. The Labute approximate surface area is 146 Å². The van der Waals surface area contributed by atoms with Crippen LogP contribution in [0, 0.1) is 0 Å². The number of carbonyl (C=O) groups excluding carboxylic acids is 2. The van der Waals surface area contributed by atoms with Gasteiger partial charge in [0.1, 0.15) is 5.75 Å². The summed E-state index contributed by atoms with van der Waals surface area (Å²) < 4.78 is 16.3. The number of benzene rings is 1. The predicted octanol–water partition coefficient (Wildman–Crippen LogP) is 0.443. The number of nitrogens with two attached hydrogens (primary N) is 1. The van der Waals surface area contributed by atoms with Crippen LogP contribution in [0.25, 0.3) is 11.3 Å². The molecular weight excluding hydrogens is 369 g/mol. The molecule has 11 heteroatoms. The second-order valence-corrected chi connectivity index (χ2v) is 7.88. The van der Waals surface area contributed by atoms with Gasteiger partial charge in [-0.25, -0.2) is 4.98 Å². The number of primary amides is 1. The molecule has 1 aromatic carbocycles. The summed E-state index contributed by atoms with van der Waals surface area (Å²) in [5.41, 5.74) is 8.83. The number of fused-ring (bicyclic) bond motifs is 3. The van der Waals surface area contributed by atoms with Gasteiger partial charge in [0, 0.05) is 22.4 Å². The van der Waals surface area contributed by atoms with Gasteiger partial charge >= 0.3 is 7.60 Å². The van der Waals surface area contributed by atoms with Gasteiger partial charge < -0.3 is 25.6 Å². The molecule has 2 amide bonds. The normalized spacial score (nSPS) is 12.4. The van der Waals surface area contributed by atoms with Crippen LogP contribution in [0.5, 0.6) is 5.75 Å². The van der Waals surface area contributed by atoms with Crippen LogP contribution in [0.2, 0.25) is 0 Å². The fraction of sp³-hybridized carbons (Fsp3) is 0.214. The Bertz CT molecular complexity index is 906. The molecule has 0 atom stereocenters. The second kappa shape index (κ2) is 6.57. The molecule has 1 aromatic heterocycles. The van der Waals surface area contributed by atoms with Crippen LogP contribution >= 0.6 is 18.9 Å². The monoisotopic (exact) mass is 383 g/mol. The molecule has 1 heterocycles. The zero-order valence-electron chi connectivity index (χ0n) is 12.8. The van der Waals surface area contributed by atoms with E-state index in [0.717, 1.165) is 4.88 Å². The largest absolute Gasteiger partial charge is 0.480 e. The topological polar surface area (TPSA) is 152 Å². The smallest absolute Gasteiger partial charge is 0.362 e. The minimum Gasteiger partial charge on any atom is -0.480 e. The van der Waals surface area contributed by atoms with Crippen molar-refractivity contribution in [1.29, 1.82) is 0 Å². The van der Waals surface area contributed by atoms with E-state index in [9.17, 15) is 14.2 Å². The summed E-state index contributed by atoms with van der Waals surface area (Å²) in [5.74, 6) is -0.881. The predicted molar refractivity (Wildman–Crippen MR) is 89.4 cm³/mol. The maximum atomic E-state index is 12.3. The maximum absolute atomic E-state index is 12.3. The zero-order valence-corrected chi connectivity index (χ0v) is 14.5. The standard InChI is InChI=1S/C14H14N3O6PS/c15-11(18)4-16-14(19)7-1-2-9(23-6-24(20,21)22)12-8(7)3-10-13(12)17-5-25-10/h1-2,5H,3-4,6H2,(H2,15,18)(H,16,19)(H2,20,21,22). The molecule has 25 heavy (non-hydrogen) atoms. The second-order valence-electron chi connectivity index (χ2n) is 5.35. The SMILES string of the molecule is NC(=O)CNC(=O)c1ccc(OCP(=O)(O)O)c2c1Cc1scnc1-2. The van der Waals surface area contributed by atoms with Crippen LogP contribution in [0.4, 0.5) is 0 Å². The maximum Gasteiger partial charge on any atom is 0.362 e. The molecule has 0 unspecified atom stereocenters. The van der Waals surface area contributed by atoms with E-state index >= 15 is 0 Å². The lowest BCUT2D eigenvalue weighted by Gasteiger charge is -2.14. The van der Waals surface area contributed by atoms with Crippen molar-refractivity contribution >= 4 is 30.7 Å². The van der Waals surface area contributed by atoms with Gasteiger partial charge in [-0.2, -0.15) is 0 Å². The number of ether oxygens (including phenoxy) is 1. The summed E-state index contributed by atoms with van der Waals surface area (Å²) in [5, 5.41) is 2.43. The van der Waals surface area contributed by atoms with Crippen LogP contribution < -0.4 is 15.8 Å². The molecule has 1 aliphatic carbocycles. The third kappa shape index (κ3) is 3.72. The zero-order chi connectivity index (χ0) is 18.2. The number of hydrogen-bond donors (Lipinski definition) is 4. The van der Waals surface area contributed by atoms with Crippen molar-refractivity contribution in [1.82, 2.24) is 10.3 Å². The number of hydrogen-bond acceptors (Lipinski definition) is 6. The quantitative estimate of drug-likeness (QED) is 0.451. The summed E-state index contributed by atoms with van der Waals surface area (Å²) in [6.45, 7) is -0.288. The minimum atomic E-state index is -4.35. The van der Waals surface area contributed by atoms with Crippen LogP contribution in [0.15, 0.2) is 17.6 Å². The van der Waals surface area contributed by atoms with Crippen molar-refractivity contribution in [2.24, 2.45) is 5.73 Å². The minimum absolute atomic E-state index is 0.245. The van der Waals surface area contributed by atoms with Crippen LogP contribution in [-0.4, -0.2) is 39.5 Å². The Hall–Kier alpha value is -2.26. The summed E-state index contributed by atoms with van der Waals surface area (Å²) in [4.78, 5) is 46.4. The fourth-order valence-electron chi connectivity index (χ4n) is 2.58. The molecule has 0 bridgehead atoms. The molecule has 1 aliphatic rings. The Balaban J connectivity index is 1.99. The number of carbonyl (C=O) groups is 2. The Morgan fingerprint density at radius 3 is 2.84 bits per heavy atom. The molecule has 0 spiro atoms. The van der Waals surface area contributed by atoms with E-state index in [2.05, 4.69) is 10.3 Å². The van der Waals surface area contributed by atoms with Crippen molar-refractivity contribution < 1.29 is 28.7 Å². The van der Waals surface area contributed by atoms with E-state index < -0.39 is 25.8 Å². The molecule has 3 rings (SSSR count). The van der Waals surface area contributed by atoms with Crippen molar-refractivity contribution in [3.05, 3.63) is 33.6 Å². The molecule has 5 N–H and O–H groups in total. The van der Waals surface area contributed by atoms with Crippen LogP contribution in [0.3, 0.4) is 0 Å². The summed E-state index contributed by atoms with van der Waals surface area (Å²) in [7, 11) is -4.35. The van der Waals surface area contributed by atoms with Gasteiger partial charge in [-0.15, -0.1) is 11.3 Å². The van der Waals surface area contributed by atoms with E-state index in [4.69, 9.17) is 20.3 Å². The Morgan fingerprint density at radius 2 is 2.16 bits per heavy atom.